The molecule has 0 saturated carbocycles. The molecule has 2 aromatic rings. The Kier molecular flexibility index (Phi) is 4.83. The summed E-state index contributed by atoms with van der Waals surface area (Å²) in [7, 11) is 1.98. The molecule has 0 bridgehead atoms. The number of benzene rings is 1. The van der Waals surface area contributed by atoms with Gasteiger partial charge < -0.3 is 19.1 Å². The molecule has 1 atom stereocenters. The van der Waals surface area contributed by atoms with Crippen LogP contribution in [0.2, 0.25) is 0 Å². The van der Waals surface area contributed by atoms with E-state index in [-0.39, 0.29) is 34.8 Å². The highest BCUT2D eigenvalue weighted by Crippen LogP contribution is 2.40. The van der Waals surface area contributed by atoms with Crippen molar-refractivity contribution in [3.05, 3.63) is 33.5 Å². The molecule has 2 aliphatic heterocycles. The molecule has 1 aromatic heterocycles. The van der Waals surface area contributed by atoms with Crippen molar-refractivity contribution in [2.45, 2.75) is 30.8 Å². The number of thioether (sulfide) groups is 1. The van der Waals surface area contributed by atoms with Gasteiger partial charge in [0.25, 0.3) is 0 Å². The molecule has 1 unspecified atom stereocenters. The summed E-state index contributed by atoms with van der Waals surface area (Å²) in [6.07, 6.45) is 0. The predicted octanol–water partition coefficient (Wildman–Crippen LogP) is 2.66. The Labute approximate surface area is 165 Å². The van der Waals surface area contributed by atoms with Crippen molar-refractivity contribution in [3.8, 4) is 0 Å². The molecule has 0 spiro atoms. The van der Waals surface area contributed by atoms with Gasteiger partial charge in [0.15, 0.2) is 5.82 Å². The fourth-order valence-corrected chi connectivity index (χ4v) is 4.69. The molecule has 0 aliphatic carbocycles. The second-order valence-corrected chi connectivity index (χ2v) is 8.06. The summed E-state index contributed by atoms with van der Waals surface area (Å²) < 4.78 is 37.0. The summed E-state index contributed by atoms with van der Waals surface area (Å²) in [5, 5.41) is 0.243. The summed E-state index contributed by atoms with van der Waals surface area (Å²) in [5.41, 5.74) is -0.898. The van der Waals surface area contributed by atoms with Gasteiger partial charge in [-0.05, 0) is 27.0 Å². The van der Waals surface area contributed by atoms with Gasteiger partial charge in [-0.15, -0.1) is 0 Å². The number of pyridine rings is 1. The zero-order valence-electron chi connectivity index (χ0n) is 15.9. The number of hydrogen-bond donors (Lipinski definition) is 0. The number of esters is 1. The molecule has 3 heterocycles. The number of nitrogens with zero attached hydrogens (tertiary/aromatic N) is 3. The van der Waals surface area contributed by atoms with E-state index in [0.29, 0.717) is 30.5 Å². The Bertz CT molecular complexity index is 1040. The molecular formula is C19H21F2N3O3S. The lowest BCUT2D eigenvalue weighted by molar-refractivity contribution is 0.0518. The molecule has 1 aromatic carbocycles. The van der Waals surface area contributed by atoms with Gasteiger partial charge in [0, 0.05) is 25.7 Å². The maximum Gasteiger partial charge on any atom is 0.344 e. The third-order valence-electron chi connectivity index (χ3n) is 5.45. The Hall–Kier alpha value is -2.13. The first-order chi connectivity index (χ1) is 13.3. The predicted molar refractivity (Wildman–Crippen MR) is 104 cm³/mol. The zero-order chi connectivity index (χ0) is 20.2. The molecule has 0 amide bonds. The van der Waals surface area contributed by atoms with E-state index in [4.69, 9.17) is 4.74 Å². The van der Waals surface area contributed by atoms with E-state index in [2.05, 4.69) is 4.90 Å². The monoisotopic (exact) mass is 409 g/mol. The molecule has 1 fully saturated rings. The molecule has 4 rings (SSSR count). The zero-order valence-corrected chi connectivity index (χ0v) is 16.7. The number of halogens is 2. The van der Waals surface area contributed by atoms with E-state index in [0.717, 1.165) is 6.07 Å². The third kappa shape index (κ3) is 2.79. The maximum atomic E-state index is 15.5. The van der Waals surface area contributed by atoms with Crippen LogP contribution in [0.25, 0.3) is 10.9 Å². The molecule has 28 heavy (non-hydrogen) atoms. The SMILES string of the molecule is CCOC(=O)c1c2n(c3c(F)c(N4CCN(C)C(C)C4)c(F)cc3c1=O)CS2. The van der Waals surface area contributed by atoms with Crippen LogP contribution >= 0.6 is 11.8 Å². The first-order valence-corrected chi connectivity index (χ1v) is 10.2. The fraction of sp³-hybridized carbons (Fsp3) is 0.474. The topological polar surface area (TPSA) is 54.8 Å². The van der Waals surface area contributed by atoms with E-state index in [1.165, 1.54) is 11.8 Å². The summed E-state index contributed by atoms with van der Waals surface area (Å²) in [6, 6.07) is 1.20. The van der Waals surface area contributed by atoms with Gasteiger partial charge >= 0.3 is 5.97 Å². The van der Waals surface area contributed by atoms with Crippen LogP contribution in [-0.2, 0) is 10.6 Å². The minimum Gasteiger partial charge on any atom is -0.462 e. The van der Waals surface area contributed by atoms with Crippen LogP contribution in [0.3, 0.4) is 0 Å². The van der Waals surface area contributed by atoms with E-state index in [1.54, 1.807) is 16.4 Å². The average molecular weight is 409 g/mol. The smallest absolute Gasteiger partial charge is 0.344 e. The third-order valence-corrected chi connectivity index (χ3v) is 6.54. The van der Waals surface area contributed by atoms with Crippen LogP contribution in [0, 0.1) is 11.6 Å². The van der Waals surface area contributed by atoms with Gasteiger partial charge in [-0.3, -0.25) is 4.79 Å². The molecule has 150 valence electrons. The van der Waals surface area contributed by atoms with Gasteiger partial charge in [-0.25, -0.2) is 13.6 Å². The first kappa shape index (κ1) is 19.2. The number of aromatic nitrogens is 1. The normalized spacial score (nSPS) is 19.5. The Morgan fingerprint density at radius 1 is 1.36 bits per heavy atom. The first-order valence-electron chi connectivity index (χ1n) is 9.18. The van der Waals surface area contributed by atoms with Crippen LogP contribution in [0.15, 0.2) is 15.9 Å². The molecule has 0 N–H and O–H groups in total. The van der Waals surface area contributed by atoms with Crippen LogP contribution in [-0.4, -0.2) is 54.8 Å². The largest absolute Gasteiger partial charge is 0.462 e. The van der Waals surface area contributed by atoms with E-state index >= 15 is 4.39 Å². The van der Waals surface area contributed by atoms with Crippen LogP contribution in [0.4, 0.5) is 14.5 Å². The van der Waals surface area contributed by atoms with Crippen LogP contribution < -0.4 is 10.3 Å². The van der Waals surface area contributed by atoms with Gasteiger partial charge in [0.2, 0.25) is 5.43 Å². The Morgan fingerprint density at radius 2 is 2.11 bits per heavy atom. The summed E-state index contributed by atoms with van der Waals surface area (Å²) in [4.78, 5) is 28.9. The molecule has 9 heteroatoms. The highest BCUT2D eigenvalue weighted by atomic mass is 32.2. The summed E-state index contributed by atoms with van der Waals surface area (Å²) in [5.74, 6) is -1.91. The second-order valence-electron chi connectivity index (χ2n) is 7.12. The molecule has 0 radical (unpaired) electrons. The van der Waals surface area contributed by atoms with Crippen molar-refractivity contribution < 1.29 is 18.3 Å². The van der Waals surface area contributed by atoms with E-state index in [1.807, 2.05) is 14.0 Å². The van der Waals surface area contributed by atoms with E-state index in [9.17, 15) is 14.0 Å². The highest BCUT2D eigenvalue weighted by Gasteiger charge is 2.33. The number of piperazine rings is 1. The maximum absolute atomic E-state index is 15.5. The van der Waals surface area contributed by atoms with Gasteiger partial charge in [-0.1, -0.05) is 11.8 Å². The summed E-state index contributed by atoms with van der Waals surface area (Å²) in [6.45, 7) is 5.42. The van der Waals surface area contributed by atoms with Crippen molar-refractivity contribution in [1.82, 2.24) is 9.47 Å². The molecule has 1 saturated heterocycles. The number of ether oxygens (including phenoxy) is 1. The number of carbonyl (C=O) groups excluding carboxylic acids is 1. The van der Waals surface area contributed by atoms with Crippen molar-refractivity contribution in [2.24, 2.45) is 0 Å². The van der Waals surface area contributed by atoms with Crippen molar-refractivity contribution in [3.63, 3.8) is 0 Å². The molecule has 6 nitrogen and oxygen atoms in total. The molecular weight excluding hydrogens is 388 g/mol. The number of carbonyl (C=O) groups is 1. The minimum absolute atomic E-state index is 0.0507. The minimum atomic E-state index is -0.791. The Balaban J connectivity index is 1.91. The number of rotatable bonds is 3. The van der Waals surface area contributed by atoms with E-state index < -0.39 is 23.0 Å². The Morgan fingerprint density at radius 3 is 2.71 bits per heavy atom. The fourth-order valence-electron chi connectivity index (χ4n) is 3.76. The second kappa shape index (κ2) is 7.04. The van der Waals surface area contributed by atoms with Crippen molar-refractivity contribution in [2.75, 3.05) is 38.2 Å². The van der Waals surface area contributed by atoms with Gasteiger partial charge in [0.1, 0.15) is 17.1 Å². The lowest BCUT2D eigenvalue weighted by atomic mass is 10.1. The van der Waals surface area contributed by atoms with Crippen LogP contribution in [0.5, 0.6) is 0 Å². The standard InChI is InChI=1S/C19H21F2N3O3S/c1-4-27-19(26)13-17(25)11-7-12(20)16(23-6-5-22(3)10(2)8-23)14(21)15(11)24-9-28-18(13)24/h7,10H,4-6,8-9H2,1-3H3. The number of hydrogen-bond acceptors (Lipinski definition) is 6. The highest BCUT2D eigenvalue weighted by molar-refractivity contribution is 7.99. The summed E-state index contributed by atoms with van der Waals surface area (Å²) >= 11 is 1.28. The van der Waals surface area contributed by atoms with Crippen molar-refractivity contribution >= 4 is 34.3 Å². The number of anilines is 1. The van der Waals surface area contributed by atoms with Gasteiger partial charge in [-0.2, -0.15) is 0 Å². The number of fused-ring (bicyclic) bond motifs is 3. The molecule has 2 aliphatic rings. The van der Waals surface area contributed by atoms with Crippen LogP contribution in [0.1, 0.15) is 24.2 Å². The van der Waals surface area contributed by atoms with Gasteiger partial charge in [0.05, 0.1) is 28.4 Å². The quantitative estimate of drug-likeness (QED) is 0.727. The lowest BCUT2D eigenvalue weighted by Crippen LogP contribution is -2.50. The van der Waals surface area contributed by atoms with Crippen molar-refractivity contribution in [1.29, 1.82) is 0 Å². The number of likely N-dealkylation sites (N-methyl/N-ethyl adjacent to an activating group) is 1. The average Bonchev–Trinajstić information content (AvgIpc) is 2.62. The lowest BCUT2D eigenvalue weighted by Gasteiger charge is -2.39.